The molecule has 0 fully saturated rings. The molecule has 0 aromatic carbocycles. The van der Waals surface area contributed by atoms with E-state index in [0.717, 1.165) is 0 Å². The van der Waals surface area contributed by atoms with Crippen LogP contribution in [-0.2, 0) is 14.6 Å². The van der Waals surface area contributed by atoms with Crippen LogP contribution < -0.4 is 0 Å². The number of hydrogen-bond donors (Lipinski definition) is 0. The van der Waals surface area contributed by atoms with Crippen molar-refractivity contribution in [1.29, 1.82) is 0 Å². The van der Waals surface area contributed by atoms with Gasteiger partial charge in [0, 0.05) is 6.92 Å². The van der Waals surface area contributed by atoms with Crippen molar-refractivity contribution in [3.05, 3.63) is 0 Å². The molecule has 0 aliphatic heterocycles. The topological polar surface area (TPSA) is 46.2 Å². The summed E-state index contributed by atoms with van der Waals surface area (Å²) in [5.41, 5.74) is -0.571. The lowest BCUT2D eigenvalue weighted by Gasteiger charge is -2.16. The standard InChI is InChI=1S/C7H13O3/c1-5(8)10-6(9)7(2,3)4/h5H,1-4H3. The second-order valence-corrected chi connectivity index (χ2v) is 3.22. The van der Waals surface area contributed by atoms with Crippen LogP contribution in [-0.4, -0.2) is 12.3 Å². The molecule has 3 nitrogen and oxygen atoms in total. The summed E-state index contributed by atoms with van der Waals surface area (Å²) >= 11 is 0. The summed E-state index contributed by atoms with van der Waals surface area (Å²) in [4.78, 5) is 10.9. The first kappa shape index (κ1) is 9.43. The van der Waals surface area contributed by atoms with Crippen LogP contribution in [0.15, 0.2) is 0 Å². The van der Waals surface area contributed by atoms with Gasteiger partial charge in [0.1, 0.15) is 0 Å². The van der Waals surface area contributed by atoms with Crippen molar-refractivity contribution in [3.63, 3.8) is 0 Å². The Morgan fingerprint density at radius 3 is 1.90 bits per heavy atom. The van der Waals surface area contributed by atoms with Crippen LogP contribution in [0.5, 0.6) is 0 Å². The van der Waals surface area contributed by atoms with Gasteiger partial charge in [-0.1, -0.05) is 0 Å². The van der Waals surface area contributed by atoms with Gasteiger partial charge in [0.15, 0.2) is 0 Å². The molecule has 3 heteroatoms. The van der Waals surface area contributed by atoms with Gasteiger partial charge in [0.2, 0.25) is 6.29 Å². The molecule has 0 aliphatic rings. The summed E-state index contributed by atoms with van der Waals surface area (Å²) in [7, 11) is 0. The van der Waals surface area contributed by atoms with E-state index < -0.39 is 17.7 Å². The fraction of sp³-hybridized carbons (Fsp3) is 0.857. The summed E-state index contributed by atoms with van der Waals surface area (Å²) in [6, 6.07) is 0. The maximum Gasteiger partial charge on any atom is 0.313 e. The van der Waals surface area contributed by atoms with E-state index in [1.807, 2.05) is 0 Å². The van der Waals surface area contributed by atoms with Gasteiger partial charge in [-0.05, 0) is 20.8 Å². The van der Waals surface area contributed by atoms with Crippen molar-refractivity contribution in [1.82, 2.24) is 0 Å². The van der Waals surface area contributed by atoms with Crippen LogP contribution in [0.1, 0.15) is 27.7 Å². The van der Waals surface area contributed by atoms with E-state index in [0.29, 0.717) is 0 Å². The van der Waals surface area contributed by atoms with Gasteiger partial charge in [-0.25, -0.2) is 0 Å². The Morgan fingerprint density at radius 1 is 1.40 bits per heavy atom. The summed E-state index contributed by atoms with van der Waals surface area (Å²) < 4.78 is 4.42. The zero-order chi connectivity index (χ0) is 8.36. The largest absolute Gasteiger partial charge is 0.433 e. The minimum absolute atomic E-state index is 0.449. The molecule has 0 aromatic rings. The molecule has 0 saturated heterocycles. The van der Waals surface area contributed by atoms with Gasteiger partial charge in [-0.15, -0.1) is 0 Å². The number of hydrogen-bond acceptors (Lipinski definition) is 2. The molecule has 59 valence electrons. The van der Waals surface area contributed by atoms with Gasteiger partial charge < -0.3 is 4.74 Å². The SMILES string of the molecule is CC([O])OC(=O)C(C)(C)C. The lowest BCUT2D eigenvalue weighted by atomic mass is 9.97. The summed E-state index contributed by atoms with van der Waals surface area (Å²) in [5, 5.41) is 10.3. The Labute approximate surface area is 61.0 Å². The first-order valence-electron chi connectivity index (χ1n) is 3.21. The Hall–Kier alpha value is -0.570. The van der Waals surface area contributed by atoms with E-state index in [1.54, 1.807) is 20.8 Å². The second-order valence-electron chi connectivity index (χ2n) is 3.22. The van der Waals surface area contributed by atoms with E-state index >= 15 is 0 Å². The maximum absolute atomic E-state index is 10.9. The van der Waals surface area contributed by atoms with E-state index in [9.17, 15) is 9.90 Å². The third kappa shape index (κ3) is 3.45. The molecule has 10 heavy (non-hydrogen) atoms. The molecule has 0 saturated carbocycles. The van der Waals surface area contributed by atoms with Crippen LogP contribution in [0.2, 0.25) is 0 Å². The minimum atomic E-state index is -1.26. The van der Waals surface area contributed by atoms with Crippen LogP contribution in [0.3, 0.4) is 0 Å². The normalized spacial score (nSPS) is 14.5. The molecule has 0 aromatic heterocycles. The average Bonchev–Trinajstić information content (AvgIpc) is 1.60. The lowest BCUT2D eigenvalue weighted by molar-refractivity contribution is -0.183. The first-order chi connectivity index (χ1) is 4.34. The van der Waals surface area contributed by atoms with E-state index in [2.05, 4.69) is 4.74 Å². The Balaban J connectivity index is 3.87. The van der Waals surface area contributed by atoms with Crippen molar-refractivity contribution in [3.8, 4) is 0 Å². The van der Waals surface area contributed by atoms with Crippen molar-refractivity contribution in [2.75, 3.05) is 0 Å². The molecule has 1 radical (unpaired) electrons. The average molecular weight is 145 g/mol. The predicted octanol–water partition coefficient (Wildman–Crippen LogP) is 1.35. The van der Waals surface area contributed by atoms with Crippen LogP contribution in [0.4, 0.5) is 0 Å². The Morgan fingerprint density at radius 2 is 1.80 bits per heavy atom. The molecule has 0 bridgehead atoms. The smallest absolute Gasteiger partial charge is 0.313 e. The van der Waals surface area contributed by atoms with Crippen LogP contribution >= 0.6 is 0 Å². The lowest BCUT2D eigenvalue weighted by Crippen LogP contribution is -2.26. The molecule has 0 aliphatic carbocycles. The minimum Gasteiger partial charge on any atom is -0.433 e. The van der Waals surface area contributed by atoms with Crippen LogP contribution in [0, 0.1) is 5.41 Å². The van der Waals surface area contributed by atoms with Crippen molar-refractivity contribution in [2.45, 2.75) is 34.0 Å². The van der Waals surface area contributed by atoms with Gasteiger partial charge in [0.05, 0.1) is 5.41 Å². The highest BCUT2D eigenvalue weighted by Gasteiger charge is 2.24. The van der Waals surface area contributed by atoms with Crippen molar-refractivity contribution >= 4 is 5.97 Å². The van der Waals surface area contributed by atoms with Crippen molar-refractivity contribution in [2.24, 2.45) is 5.41 Å². The number of carbonyl (C=O) groups is 1. The fourth-order valence-corrected chi connectivity index (χ4v) is 0.328. The highest BCUT2D eigenvalue weighted by Crippen LogP contribution is 2.15. The summed E-state index contributed by atoms with van der Waals surface area (Å²) in [5.74, 6) is -0.449. The molecule has 1 unspecified atom stereocenters. The molecule has 0 heterocycles. The highest BCUT2D eigenvalue weighted by molar-refractivity contribution is 5.75. The maximum atomic E-state index is 10.9. The van der Waals surface area contributed by atoms with Gasteiger partial charge in [-0.2, -0.15) is 5.11 Å². The molecular weight excluding hydrogens is 132 g/mol. The molecule has 1 atom stereocenters. The zero-order valence-corrected chi connectivity index (χ0v) is 6.80. The quantitative estimate of drug-likeness (QED) is 0.413. The third-order valence-corrected chi connectivity index (χ3v) is 0.885. The number of esters is 1. The second kappa shape index (κ2) is 3.01. The number of carbonyl (C=O) groups excluding carboxylic acids is 1. The highest BCUT2D eigenvalue weighted by atomic mass is 16.6. The number of rotatable bonds is 1. The molecule has 0 spiro atoms. The first-order valence-corrected chi connectivity index (χ1v) is 3.21. The molecule has 0 rings (SSSR count). The van der Waals surface area contributed by atoms with Crippen molar-refractivity contribution < 1.29 is 14.6 Å². The molecule has 0 amide bonds. The Bertz CT molecular complexity index is 121. The van der Waals surface area contributed by atoms with Gasteiger partial charge >= 0.3 is 5.97 Å². The van der Waals surface area contributed by atoms with Gasteiger partial charge in [0.25, 0.3) is 0 Å². The Kier molecular flexibility index (Phi) is 2.84. The third-order valence-electron chi connectivity index (χ3n) is 0.885. The monoisotopic (exact) mass is 145 g/mol. The van der Waals surface area contributed by atoms with E-state index in [4.69, 9.17) is 0 Å². The molecular formula is C7H13O3. The molecule has 0 N–H and O–H groups in total. The summed E-state index contributed by atoms with van der Waals surface area (Å²) in [6.07, 6.45) is -1.26. The fourth-order valence-electron chi connectivity index (χ4n) is 0.328. The van der Waals surface area contributed by atoms with Gasteiger partial charge in [-0.3, -0.25) is 4.79 Å². The predicted molar refractivity (Wildman–Crippen MR) is 35.7 cm³/mol. The summed E-state index contributed by atoms with van der Waals surface area (Å²) in [6.45, 7) is 6.41. The zero-order valence-electron chi connectivity index (χ0n) is 6.80. The van der Waals surface area contributed by atoms with Crippen LogP contribution in [0.25, 0.3) is 0 Å². The van der Waals surface area contributed by atoms with E-state index in [-0.39, 0.29) is 0 Å². The van der Waals surface area contributed by atoms with E-state index in [1.165, 1.54) is 6.92 Å². The number of ether oxygens (including phenoxy) is 1.